The lowest BCUT2D eigenvalue weighted by Crippen LogP contribution is -2.27. The van der Waals surface area contributed by atoms with E-state index in [1.54, 1.807) is 12.2 Å². The Bertz CT molecular complexity index is 551. The van der Waals surface area contributed by atoms with Crippen molar-refractivity contribution in [1.29, 1.82) is 0 Å². The standard InChI is InChI=1S/C10H7Cl4NO2S/c11-9(12)10(13,14)15-7(16)4-2-1-3-5(18)6(4)8(15)17/h1,3,9,16-17H,2H2. The molecule has 0 fully saturated rings. The number of aromatic hydroxyl groups is 2. The average Bonchev–Trinajstić information content (AvgIpc) is 2.52. The summed E-state index contributed by atoms with van der Waals surface area (Å²) in [6.45, 7) is 0. The van der Waals surface area contributed by atoms with Gasteiger partial charge in [-0.25, -0.2) is 4.57 Å². The van der Waals surface area contributed by atoms with E-state index >= 15 is 0 Å². The maximum atomic E-state index is 10.1. The number of allylic oxidation sites excluding steroid dienone is 2. The van der Waals surface area contributed by atoms with Crippen LogP contribution in [-0.2, 0) is 10.9 Å². The highest BCUT2D eigenvalue weighted by molar-refractivity contribution is 7.81. The van der Waals surface area contributed by atoms with E-state index in [-0.39, 0.29) is 11.8 Å². The molecule has 98 valence electrons. The Morgan fingerprint density at radius 2 is 1.89 bits per heavy atom. The summed E-state index contributed by atoms with van der Waals surface area (Å²) in [7, 11) is 0. The zero-order valence-corrected chi connectivity index (χ0v) is 12.5. The monoisotopic (exact) mass is 345 g/mol. The first-order chi connectivity index (χ1) is 8.28. The van der Waals surface area contributed by atoms with E-state index < -0.39 is 9.29 Å². The van der Waals surface area contributed by atoms with Crippen LogP contribution in [0.2, 0.25) is 0 Å². The van der Waals surface area contributed by atoms with Gasteiger partial charge in [-0.15, -0.1) is 0 Å². The molecule has 0 saturated carbocycles. The molecule has 0 aromatic carbocycles. The number of thiocarbonyl (C=S) groups is 1. The summed E-state index contributed by atoms with van der Waals surface area (Å²) in [5, 5.41) is 20.2. The van der Waals surface area contributed by atoms with Crippen LogP contribution in [0.15, 0.2) is 12.2 Å². The lowest BCUT2D eigenvalue weighted by molar-refractivity contribution is 0.353. The van der Waals surface area contributed by atoms with Gasteiger partial charge in [-0.1, -0.05) is 64.7 Å². The summed E-state index contributed by atoms with van der Waals surface area (Å²) in [5.41, 5.74) is 0.768. The number of nitrogens with zero attached hydrogens (tertiary/aromatic N) is 1. The average molecular weight is 347 g/mol. The summed E-state index contributed by atoms with van der Waals surface area (Å²) < 4.78 is -1.03. The molecule has 8 heteroatoms. The largest absolute Gasteiger partial charge is 0.494 e. The lowest BCUT2D eigenvalue weighted by atomic mass is 10.0. The Morgan fingerprint density at radius 3 is 2.39 bits per heavy atom. The first kappa shape index (κ1) is 14.3. The van der Waals surface area contributed by atoms with Crippen LogP contribution in [0.3, 0.4) is 0 Å². The molecule has 0 radical (unpaired) electrons. The predicted molar refractivity (Wildman–Crippen MR) is 77.5 cm³/mol. The number of alkyl halides is 4. The topological polar surface area (TPSA) is 45.4 Å². The molecule has 1 aliphatic rings. The van der Waals surface area contributed by atoms with Crippen LogP contribution in [0, 0.1) is 0 Å². The lowest BCUT2D eigenvalue weighted by Gasteiger charge is -2.24. The highest BCUT2D eigenvalue weighted by atomic mass is 35.5. The molecule has 0 atom stereocenters. The fraction of sp³-hybridized carbons (Fsp3) is 0.300. The van der Waals surface area contributed by atoms with E-state index in [9.17, 15) is 10.2 Å². The Balaban J connectivity index is 2.69. The molecule has 0 amide bonds. The van der Waals surface area contributed by atoms with Crippen LogP contribution < -0.4 is 0 Å². The van der Waals surface area contributed by atoms with Crippen molar-refractivity contribution in [2.75, 3.05) is 0 Å². The van der Waals surface area contributed by atoms with Gasteiger partial charge in [0.15, 0.2) is 4.84 Å². The van der Waals surface area contributed by atoms with E-state index in [2.05, 4.69) is 0 Å². The third-order valence-electron chi connectivity index (χ3n) is 2.62. The molecular formula is C10H7Cl4NO2S. The Hall–Kier alpha value is -0.130. The van der Waals surface area contributed by atoms with Gasteiger partial charge in [0.25, 0.3) is 0 Å². The quantitative estimate of drug-likeness (QED) is 0.635. The van der Waals surface area contributed by atoms with Gasteiger partial charge >= 0.3 is 0 Å². The predicted octanol–water partition coefficient (Wildman–Crippen LogP) is 3.62. The third kappa shape index (κ3) is 2.00. The maximum absolute atomic E-state index is 10.1. The first-order valence-electron chi connectivity index (χ1n) is 4.81. The zero-order valence-electron chi connectivity index (χ0n) is 8.70. The van der Waals surface area contributed by atoms with Crippen LogP contribution in [0.1, 0.15) is 11.1 Å². The second-order valence-corrected chi connectivity index (χ2v) is 6.58. The van der Waals surface area contributed by atoms with Crippen LogP contribution in [0.25, 0.3) is 0 Å². The van der Waals surface area contributed by atoms with Crippen molar-refractivity contribution in [3.05, 3.63) is 23.3 Å². The van der Waals surface area contributed by atoms with Gasteiger partial charge in [-0.3, -0.25) is 0 Å². The van der Waals surface area contributed by atoms with Gasteiger partial charge < -0.3 is 10.2 Å². The third-order valence-corrected chi connectivity index (χ3v) is 4.81. The van der Waals surface area contributed by atoms with Crippen molar-refractivity contribution in [2.45, 2.75) is 15.7 Å². The number of hydrogen-bond acceptors (Lipinski definition) is 3. The molecule has 1 aromatic heterocycles. The molecule has 0 aliphatic heterocycles. The Morgan fingerprint density at radius 1 is 1.28 bits per heavy atom. The zero-order chi connectivity index (χ0) is 13.7. The van der Waals surface area contributed by atoms with E-state index in [0.717, 1.165) is 4.57 Å². The fourth-order valence-corrected chi connectivity index (χ4v) is 2.62. The highest BCUT2D eigenvalue weighted by Gasteiger charge is 2.41. The van der Waals surface area contributed by atoms with Crippen molar-refractivity contribution < 1.29 is 10.2 Å². The van der Waals surface area contributed by atoms with Crippen LogP contribution >= 0.6 is 58.6 Å². The van der Waals surface area contributed by atoms with Crippen molar-refractivity contribution in [3.8, 4) is 11.8 Å². The van der Waals surface area contributed by atoms with Crippen LogP contribution in [0.4, 0.5) is 0 Å². The normalized spacial score (nSPS) is 15.3. The van der Waals surface area contributed by atoms with Crippen LogP contribution in [-0.4, -0.2) is 24.5 Å². The van der Waals surface area contributed by atoms with Gasteiger partial charge in [0.2, 0.25) is 16.2 Å². The molecule has 0 unspecified atom stereocenters. The van der Waals surface area contributed by atoms with Gasteiger partial charge in [0.05, 0.1) is 10.4 Å². The minimum Gasteiger partial charge on any atom is -0.494 e. The molecular weight excluding hydrogens is 340 g/mol. The van der Waals surface area contributed by atoms with E-state index in [1.165, 1.54) is 0 Å². The molecule has 0 bridgehead atoms. The minimum absolute atomic E-state index is 0.300. The number of fused-ring (bicyclic) bond motifs is 1. The second kappa shape index (κ2) is 4.76. The summed E-state index contributed by atoms with van der Waals surface area (Å²) >= 11 is 28.3. The molecule has 18 heavy (non-hydrogen) atoms. The number of hydrogen-bond donors (Lipinski definition) is 2. The Labute approximate surface area is 129 Å². The maximum Gasteiger partial charge on any atom is 0.229 e. The Kier molecular flexibility index (Phi) is 3.78. The summed E-state index contributed by atoms with van der Waals surface area (Å²) in [5.74, 6) is -0.654. The molecule has 1 aromatic rings. The van der Waals surface area contributed by atoms with Gasteiger partial charge in [-0.2, -0.15) is 0 Å². The second-order valence-electron chi connectivity index (χ2n) is 3.70. The van der Waals surface area contributed by atoms with Gasteiger partial charge in [0, 0.05) is 5.56 Å². The van der Waals surface area contributed by atoms with Crippen molar-refractivity contribution >= 4 is 63.5 Å². The van der Waals surface area contributed by atoms with Gasteiger partial charge in [0.1, 0.15) is 0 Å². The number of aromatic nitrogens is 1. The molecule has 0 spiro atoms. The van der Waals surface area contributed by atoms with E-state index in [1.807, 2.05) is 0 Å². The molecule has 1 aliphatic carbocycles. The molecule has 0 saturated heterocycles. The summed E-state index contributed by atoms with van der Waals surface area (Å²) in [6.07, 6.45) is 3.82. The fourth-order valence-electron chi connectivity index (χ4n) is 1.79. The van der Waals surface area contributed by atoms with Crippen LogP contribution in [0.5, 0.6) is 11.8 Å². The van der Waals surface area contributed by atoms with Gasteiger partial charge in [-0.05, 0) is 12.5 Å². The summed E-state index contributed by atoms with van der Waals surface area (Å²) in [4.78, 5) is -0.874. The minimum atomic E-state index is -1.90. The van der Waals surface area contributed by atoms with Crippen molar-refractivity contribution in [1.82, 2.24) is 4.57 Å². The first-order valence-corrected chi connectivity index (χ1v) is 6.85. The van der Waals surface area contributed by atoms with E-state index in [0.29, 0.717) is 22.4 Å². The smallest absolute Gasteiger partial charge is 0.229 e. The molecule has 3 nitrogen and oxygen atoms in total. The SMILES string of the molecule is Oc1c2c(c(O)n1C(Cl)(Cl)C(Cl)Cl)C(=S)C=CC2. The number of halogens is 4. The molecule has 2 rings (SSSR count). The van der Waals surface area contributed by atoms with E-state index in [4.69, 9.17) is 58.6 Å². The number of rotatable bonds is 2. The highest BCUT2D eigenvalue weighted by Crippen LogP contribution is 2.48. The molecule has 1 heterocycles. The van der Waals surface area contributed by atoms with Crippen molar-refractivity contribution in [2.24, 2.45) is 0 Å². The van der Waals surface area contributed by atoms with Crippen molar-refractivity contribution in [3.63, 3.8) is 0 Å². The summed E-state index contributed by atoms with van der Waals surface area (Å²) in [6, 6.07) is 0. The molecule has 2 N–H and O–H groups in total.